The molecule has 6 aromatic rings. The number of halogens is 6. The molecule has 1 saturated heterocycles. The molecule has 4 aromatic carbocycles. The monoisotopic (exact) mass is 1250 g/mol. The highest BCUT2D eigenvalue weighted by Crippen LogP contribution is 2.40. The number of alkyl halides is 6. The molecule has 482 valence electrons. The fourth-order valence-electron chi connectivity index (χ4n) is 9.04. The summed E-state index contributed by atoms with van der Waals surface area (Å²) in [6.07, 6.45) is -0.783. The van der Waals surface area contributed by atoms with Gasteiger partial charge < -0.3 is 72.9 Å². The predicted octanol–water partition coefficient (Wildman–Crippen LogP) is 9.42. The molecule has 7 rings (SSSR count). The number of carbonyl (C=O) groups is 6. The lowest BCUT2D eigenvalue weighted by Crippen LogP contribution is -2.46. The van der Waals surface area contributed by atoms with Crippen LogP contribution in [0.25, 0.3) is 21.8 Å². The molecule has 0 aliphatic carbocycles. The highest BCUT2D eigenvalue weighted by molar-refractivity contribution is 6.09. The maximum atomic E-state index is 12.7. The molecule has 0 bridgehead atoms. The fourth-order valence-corrected chi connectivity index (χ4v) is 9.04. The first-order valence-corrected chi connectivity index (χ1v) is 28.2. The van der Waals surface area contributed by atoms with Crippen molar-refractivity contribution in [3.05, 3.63) is 119 Å². The molecule has 28 heteroatoms. The van der Waals surface area contributed by atoms with Crippen molar-refractivity contribution in [1.82, 2.24) is 25.9 Å². The van der Waals surface area contributed by atoms with Crippen LogP contribution in [0.2, 0.25) is 0 Å². The molecule has 1 aliphatic heterocycles. The summed E-state index contributed by atoms with van der Waals surface area (Å²) < 4.78 is 86.6. The van der Waals surface area contributed by atoms with E-state index in [4.69, 9.17) is 56.0 Å². The number of hydrogen-bond acceptors (Lipinski definition) is 16. The smallest absolute Gasteiger partial charge is 0.490 e. The largest absolute Gasteiger partial charge is 0.490 e. The van der Waals surface area contributed by atoms with Crippen LogP contribution in [0.1, 0.15) is 110 Å². The van der Waals surface area contributed by atoms with Crippen molar-refractivity contribution in [1.29, 1.82) is 0 Å². The summed E-state index contributed by atoms with van der Waals surface area (Å²) in [7, 11) is 0. The van der Waals surface area contributed by atoms with Crippen molar-refractivity contribution in [2.75, 3.05) is 43.6 Å². The highest BCUT2D eigenvalue weighted by Gasteiger charge is 2.39. The quantitative estimate of drug-likeness (QED) is 0.0199. The Morgan fingerprint density at radius 1 is 0.652 bits per heavy atom. The number of ether oxygens (including phenoxy) is 4. The predicted molar refractivity (Wildman–Crippen MR) is 323 cm³/mol. The third kappa shape index (κ3) is 20.6. The van der Waals surface area contributed by atoms with E-state index in [1.165, 1.54) is 12.4 Å². The van der Waals surface area contributed by atoms with E-state index in [1.807, 2.05) is 89.2 Å². The number of hydrogen-bond donors (Lipinski definition) is 10. The van der Waals surface area contributed by atoms with E-state index < -0.39 is 42.1 Å². The van der Waals surface area contributed by atoms with Gasteiger partial charge >= 0.3 is 24.3 Å². The minimum absolute atomic E-state index is 0.0230. The number of benzene rings is 4. The minimum Gasteiger partial charge on any atom is -0.490 e. The number of carbonyl (C=O) groups excluding carboxylic acids is 4. The lowest BCUT2D eigenvalue weighted by atomic mass is 10.0. The zero-order valence-electron chi connectivity index (χ0n) is 49.9. The molecule has 0 spiro atoms. The topological polar surface area (TPSA) is 344 Å². The number of carboxylic acids is 2. The molecule has 3 heterocycles. The van der Waals surface area contributed by atoms with Crippen molar-refractivity contribution in [2.45, 2.75) is 118 Å². The van der Waals surface area contributed by atoms with Crippen LogP contribution in [0, 0.1) is 0 Å². The molecule has 0 unspecified atom stereocenters. The third-order valence-corrected chi connectivity index (χ3v) is 13.1. The Hall–Kier alpha value is -9.44. The molecule has 89 heavy (non-hydrogen) atoms. The number of aromatic nitrogens is 2. The minimum atomic E-state index is -5.08. The first kappa shape index (κ1) is 72.0. The Labute approximate surface area is 509 Å². The Bertz CT molecular complexity index is 3430. The van der Waals surface area contributed by atoms with E-state index in [0.717, 1.165) is 65.9 Å². The number of amides is 4. The Balaban J connectivity index is 0.000000313. The summed E-state index contributed by atoms with van der Waals surface area (Å²) in [5.41, 5.74) is 25.8. The molecule has 22 nitrogen and oxygen atoms in total. The number of nitrogens with zero attached hydrogens (tertiary/aromatic N) is 2. The average molecular weight is 1250 g/mol. The lowest BCUT2D eigenvalue weighted by molar-refractivity contribution is -0.193. The number of fused-ring (bicyclic) bond motifs is 2. The normalized spacial score (nSPS) is 13.1. The number of aliphatic carboxylic acids is 2. The zero-order valence-corrected chi connectivity index (χ0v) is 49.9. The van der Waals surface area contributed by atoms with E-state index in [9.17, 15) is 45.5 Å². The average Bonchev–Trinajstić information content (AvgIpc) is 1.84. The number of nitrogens with two attached hydrogens (primary N) is 3. The van der Waals surface area contributed by atoms with Crippen molar-refractivity contribution < 1.29 is 84.3 Å². The van der Waals surface area contributed by atoms with Gasteiger partial charge in [-0.15, -0.1) is 6.58 Å². The number of piperidine rings is 1. The SMILES string of the molecule is C=CC[C@H](N)C(=O)NCc1cccc(Nc2c(C(N)=O)cnc3cc(OCC)c(OCC)cc23)c1CC.CCOc1cc2ncc(C(N)=O)c(Nc3cccc(CNC(=O)[C@H]4CCCCN4)c3CC)c2cc1OCC.O=C(O)C(F)(F)F.O=C(O)C(F)(F)F. The standard InChI is InChI=1S/C29H37N5O4.C28H35N5O4.2C2HF3O2/c1-4-19-18(16-33-29(36)23-11-7-8-13-31-23)10-9-12-22(19)34-27-20-14-25(37-5-2)26(38-6-3)15-24(20)32-17-21(27)28(30)35;1-5-10-21(29)28(35)32-15-17-11-9-12-22(18(17)6-2)33-26-19-13-24(36-7-3)25(37-8-4)14-23(19)31-16-20(26)27(30)34;2*3-2(4,5)1(6)7/h9-10,12,14-15,17,23,31H,4-8,11,13,16H2,1-3H3,(H2,30,35)(H,32,34)(H,33,36);5,9,11-14,16,21H,1,6-8,10,15,29H2,2-4H3,(H2,30,34)(H,31,33)(H,32,35);2*(H,6,7)/t23-;21-;;/m10../s1. The highest BCUT2D eigenvalue weighted by atomic mass is 19.4. The molecule has 1 fully saturated rings. The van der Waals surface area contributed by atoms with Crippen LogP contribution in [0.15, 0.2) is 85.7 Å². The number of anilines is 4. The van der Waals surface area contributed by atoms with Gasteiger partial charge in [-0.1, -0.05) is 50.6 Å². The molecular weight excluding hydrogens is 1180 g/mol. The number of carboxylic acid groups (broad SMARTS) is 2. The summed E-state index contributed by atoms with van der Waals surface area (Å²) in [5.74, 6) is -4.66. The van der Waals surface area contributed by atoms with Gasteiger partial charge in [0, 0.05) is 59.8 Å². The van der Waals surface area contributed by atoms with Crippen LogP contribution in [0.5, 0.6) is 23.0 Å². The Kier molecular flexibility index (Phi) is 27.7. The fraction of sp³-hybridized carbons (Fsp3) is 0.377. The lowest BCUT2D eigenvalue weighted by Gasteiger charge is -2.23. The first-order valence-electron chi connectivity index (χ1n) is 28.2. The van der Waals surface area contributed by atoms with E-state index in [1.54, 1.807) is 12.1 Å². The molecule has 2 atom stereocenters. The second-order valence-corrected chi connectivity index (χ2v) is 19.2. The molecule has 0 saturated carbocycles. The van der Waals surface area contributed by atoms with Crippen molar-refractivity contribution >= 4 is 80.1 Å². The molecule has 2 aromatic heterocycles. The molecule has 0 radical (unpaired) electrons. The van der Waals surface area contributed by atoms with Crippen molar-refractivity contribution in [2.24, 2.45) is 17.2 Å². The molecule has 4 amide bonds. The summed E-state index contributed by atoms with van der Waals surface area (Å²) in [5, 5.41) is 31.8. The van der Waals surface area contributed by atoms with E-state index in [0.29, 0.717) is 109 Å². The van der Waals surface area contributed by atoms with Gasteiger partial charge in [0.2, 0.25) is 11.8 Å². The van der Waals surface area contributed by atoms with Crippen molar-refractivity contribution in [3.8, 4) is 23.0 Å². The maximum absolute atomic E-state index is 12.7. The third-order valence-electron chi connectivity index (χ3n) is 13.1. The van der Waals surface area contributed by atoms with Gasteiger partial charge in [-0.2, -0.15) is 26.3 Å². The van der Waals surface area contributed by atoms with Crippen LogP contribution < -0.4 is 62.7 Å². The summed E-state index contributed by atoms with van der Waals surface area (Å²) in [6.45, 7) is 18.8. The van der Waals surface area contributed by atoms with Gasteiger partial charge in [0.05, 0.1) is 72.0 Å². The van der Waals surface area contributed by atoms with Crippen LogP contribution in [0.3, 0.4) is 0 Å². The second kappa shape index (κ2) is 34.2. The number of rotatable bonds is 24. The van der Waals surface area contributed by atoms with Gasteiger partial charge in [0.15, 0.2) is 23.0 Å². The first-order chi connectivity index (χ1) is 42.2. The maximum Gasteiger partial charge on any atom is 0.490 e. The molecular formula is C61H74F6N10O12. The van der Waals surface area contributed by atoms with Gasteiger partial charge in [0.25, 0.3) is 11.8 Å². The molecule has 13 N–H and O–H groups in total. The van der Waals surface area contributed by atoms with Crippen LogP contribution >= 0.6 is 0 Å². The summed E-state index contributed by atoms with van der Waals surface area (Å²) in [4.78, 5) is 76.5. The van der Waals surface area contributed by atoms with Crippen LogP contribution in [-0.4, -0.2) is 113 Å². The zero-order chi connectivity index (χ0) is 66.2. The van der Waals surface area contributed by atoms with E-state index in [-0.39, 0.29) is 29.0 Å². The summed E-state index contributed by atoms with van der Waals surface area (Å²) >= 11 is 0. The van der Waals surface area contributed by atoms with Crippen LogP contribution in [-0.2, 0) is 45.1 Å². The van der Waals surface area contributed by atoms with Gasteiger partial charge in [0.1, 0.15) is 0 Å². The second-order valence-electron chi connectivity index (χ2n) is 19.2. The number of nitrogens with one attached hydrogen (secondary N) is 5. The number of pyridine rings is 2. The summed E-state index contributed by atoms with van der Waals surface area (Å²) in [6, 6.07) is 18.1. The van der Waals surface area contributed by atoms with E-state index >= 15 is 0 Å². The number of primary amides is 2. The van der Waals surface area contributed by atoms with E-state index in [2.05, 4.69) is 50.1 Å². The van der Waals surface area contributed by atoms with Crippen LogP contribution in [0.4, 0.5) is 49.1 Å². The van der Waals surface area contributed by atoms with Gasteiger partial charge in [-0.25, -0.2) is 9.59 Å². The molecule has 1 aliphatic rings. The van der Waals surface area contributed by atoms with Gasteiger partial charge in [-0.3, -0.25) is 29.1 Å². The Morgan fingerprint density at radius 3 is 1.38 bits per heavy atom. The van der Waals surface area contributed by atoms with Crippen molar-refractivity contribution in [3.63, 3.8) is 0 Å². The van der Waals surface area contributed by atoms with Gasteiger partial charge in [-0.05, 0) is 113 Å². The Morgan fingerprint density at radius 2 is 1.04 bits per heavy atom.